The second kappa shape index (κ2) is 6.66. The van der Waals surface area contributed by atoms with Gasteiger partial charge in [-0.15, -0.1) is 0 Å². The van der Waals surface area contributed by atoms with Crippen LogP contribution in [-0.4, -0.2) is 39.9 Å². The molecule has 1 aromatic rings. The summed E-state index contributed by atoms with van der Waals surface area (Å²) in [5, 5.41) is 3.53. The van der Waals surface area contributed by atoms with Crippen LogP contribution >= 0.6 is 0 Å². The zero-order valence-electron chi connectivity index (χ0n) is 12.1. The lowest BCUT2D eigenvalue weighted by Crippen LogP contribution is -2.38. The fraction of sp³-hybridized carbons (Fsp3) is 0.600. The topological polar surface area (TPSA) is 33.7 Å². The first kappa shape index (κ1) is 14.0. The molecule has 19 heavy (non-hydrogen) atoms. The maximum Gasteiger partial charge on any atom is 0.124 e. The Balaban J connectivity index is 2.18. The molecule has 1 aromatic carbocycles. The smallest absolute Gasteiger partial charge is 0.124 e. The zero-order chi connectivity index (χ0) is 13.7. The molecule has 0 saturated carbocycles. The van der Waals surface area contributed by atoms with Crippen molar-refractivity contribution in [2.75, 3.05) is 38.8 Å². The van der Waals surface area contributed by atoms with Crippen molar-refractivity contribution >= 4 is 5.69 Å². The van der Waals surface area contributed by atoms with Crippen LogP contribution < -0.4 is 19.7 Å². The first-order chi connectivity index (χ1) is 9.22. The number of nitrogens with one attached hydrogen (secondary N) is 1. The second-order valence-corrected chi connectivity index (χ2v) is 5.06. The Labute approximate surface area is 115 Å². The number of hydrogen-bond donors (Lipinski definition) is 1. The quantitative estimate of drug-likeness (QED) is 0.908. The summed E-state index contributed by atoms with van der Waals surface area (Å²) in [6, 6.07) is 6.66. The third-order valence-electron chi connectivity index (χ3n) is 3.63. The number of anilines is 1. The molecule has 1 unspecified atom stereocenters. The molecule has 1 aliphatic heterocycles. The molecule has 1 heterocycles. The predicted octanol–water partition coefficient (Wildman–Crippen LogP) is 2.28. The van der Waals surface area contributed by atoms with Gasteiger partial charge in [-0.1, -0.05) is 0 Å². The molecule has 1 fully saturated rings. The van der Waals surface area contributed by atoms with Gasteiger partial charge in [0.1, 0.15) is 11.5 Å². The van der Waals surface area contributed by atoms with Gasteiger partial charge in [-0.05, 0) is 26.3 Å². The molecule has 0 aliphatic carbocycles. The first-order valence-electron chi connectivity index (χ1n) is 6.94. The number of hydrogen-bond acceptors (Lipinski definition) is 4. The summed E-state index contributed by atoms with van der Waals surface area (Å²) in [5.74, 6) is 1.70. The monoisotopic (exact) mass is 264 g/mol. The largest absolute Gasteiger partial charge is 0.497 e. The number of nitrogens with zero attached hydrogens (tertiary/aromatic N) is 1. The van der Waals surface area contributed by atoms with Crippen molar-refractivity contribution in [3.8, 4) is 11.5 Å². The molecule has 106 valence electrons. The fourth-order valence-corrected chi connectivity index (χ4v) is 2.41. The van der Waals surface area contributed by atoms with Crippen LogP contribution in [0.25, 0.3) is 0 Å². The molecule has 0 aromatic heterocycles. The Hall–Kier alpha value is -1.42. The van der Waals surface area contributed by atoms with Crippen molar-refractivity contribution in [1.29, 1.82) is 0 Å². The van der Waals surface area contributed by atoms with Gasteiger partial charge in [0.2, 0.25) is 0 Å². The van der Waals surface area contributed by atoms with Gasteiger partial charge in [-0.25, -0.2) is 0 Å². The standard InChI is InChI=1S/C15H24N2O2/c1-12-5-8-17(7-4-6-16-12)13-9-14(18-2)11-15(10-13)19-3/h9-12,16H,4-8H2,1-3H3. The lowest BCUT2D eigenvalue weighted by atomic mass is 10.1. The van der Waals surface area contributed by atoms with Gasteiger partial charge in [0.05, 0.1) is 14.2 Å². The summed E-state index contributed by atoms with van der Waals surface area (Å²) in [6.45, 7) is 5.45. The van der Waals surface area contributed by atoms with Gasteiger partial charge in [-0.2, -0.15) is 0 Å². The van der Waals surface area contributed by atoms with E-state index < -0.39 is 0 Å². The molecule has 0 bridgehead atoms. The van der Waals surface area contributed by atoms with Crippen molar-refractivity contribution in [3.05, 3.63) is 18.2 Å². The van der Waals surface area contributed by atoms with Crippen molar-refractivity contribution in [2.24, 2.45) is 0 Å². The molecule has 0 spiro atoms. The average Bonchev–Trinajstić information content (AvgIpc) is 2.42. The molecular formula is C15H24N2O2. The Morgan fingerprint density at radius 3 is 2.42 bits per heavy atom. The number of methoxy groups -OCH3 is 2. The van der Waals surface area contributed by atoms with Crippen molar-refractivity contribution < 1.29 is 9.47 Å². The van der Waals surface area contributed by atoms with E-state index in [1.165, 1.54) is 5.69 Å². The highest BCUT2D eigenvalue weighted by Gasteiger charge is 2.14. The summed E-state index contributed by atoms with van der Waals surface area (Å²) in [4.78, 5) is 2.42. The van der Waals surface area contributed by atoms with Gasteiger partial charge in [0.25, 0.3) is 0 Å². The molecule has 1 atom stereocenters. The van der Waals surface area contributed by atoms with Crippen LogP contribution in [0.1, 0.15) is 19.8 Å². The average molecular weight is 264 g/mol. The number of rotatable bonds is 3. The first-order valence-corrected chi connectivity index (χ1v) is 6.94. The number of ether oxygens (including phenoxy) is 2. The van der Waals surface area contributed by atoms with Gasteiger partial charge >= 0.3 is 0 Å². The van der Waals surface area contributed by atoms with Crippen LogP contribution in [-0.2, 0) is 0 Å². The van der Waals surface area contributed by atoms with E-state index in [4.69, 9.17) is 9.47 Å². The molecule has 1 saturated heterocycles. The minimum absolute atomic E-state index is 0.579. The molecule has 0 radical (unpaired) electrons. The van der Waals surface area contributed by atoms with E-state index in [0.29, 0.717) is 6.04 Å². The Morgan fingerprint density at radius 1 is 1.11 bits per heavy atom. The summed E-state index contributed by atoms with van der Waals surface area (Å²) in [7, 11) is 3.38. The molecule has 1 aliphatic rings. The Kier molecular flexibility index (Phi) is 4.91. The van der Waals surface area contributed by atoms with Crippen LogP contribution in [0, 0.1) is 0 Å². The van der Waals surface area contributed by atoms with E-state index >= 15 is 0 Å². The highest BCUT2D eigenvalue weighted by Crippen LogP contribution is 2.29. The summed E-state index contributed by atoms with van der Waals surface area (Å²) >= 11 is 0. The van der Waals surface area contributed by atoms with E-state index in [2.05, 4.69) is 29.3 Å². The van der Waals surface area contributed by atoms with Crippen LogP contribution in [0.3, 0.4) is 0 Å². The molecule has 0 amide bonds. The van der Waals surface area contributed by atoms with Crippen LogP contribution in [0.15, 0.2) is 18.2 Å². The fourth-order valence-electron chi connectivity index (χ4n) is 2.41. The van der Waals surface area contributed by atoms with E-state index in [-0.39, 0.29) is 0 Å². The lowest BCUT2D eigenvalue weighted by Gasteiger charge is -2.30. The van der Waals surface area contributed by atoms with Crippen LogP contribution in [0.5, 0.6) is 11.5 Å². The maximum atomic E-state index is 5.35. The molecular weight excluding hydrogens is 240 g/mol. The van der Waals surface area contributed by atoms with Crippen LogP contribution in [0.2, 0.25) is 0 Å². The van der Waals surface area contributed by atoms with Gasteiger partial charge in [0.15, 0.2) is 0 Å². The van der Waals surface area contributed by atoms with Gasteiger partial charge in [0, 0.05) is 43.0 Å². The number of benzene rings is 1. The predicted molar refractivity (Wildman–Crippen MR) is 78.5 cm³/mol. The van der Waals surface area contributed by atoms with Crippen LogP contribution in [0.4, 0.5) is 5.69 Å². The van der Waals surface area contributed by atoms with E-state index in [1.807, 2.05) is 6.07 Å². The van der Waals surface area contributed by atoms with E-state index in [9.17, 15) is 0 Å². The lowest BCUT2D eigenvalue weighted by molar-refractivity contribution is 0.394. The highest BCUT2D eigenvalue weighted by molar-refractivity contribution is 5.55. The van der Waals surface area contributed by atoms with Crippen molar-refractivity contribution in [2.45, 2.75) is 25.8 Å². The summed E-state index contributed by atoms with van der Waals surface area (Å²) in [5.41, 5.74) is 1.19. The SMILES string of the molecule is COc1cc(OC)cc(N2CCCNC(C)CC2)c1. The maximum absolute atomic E-state index is 5.35. The molecule has 2 rings (SSSR count). The Bertz CT molecular complexity index is 387. The highest BCUT2D eigenvalue weighted by atomic mass is 16.5. The minimum atomic E-state index is 0.579. The van der Waals surface area contributed by atoms with E-state index in [1.54, 1.807) is 14.2 Å². The van der Waals surface area contributed by atoms with Crippen molar-refractivity contribution in [1.82, 2.24) is 5.32 Å². The third kappa shape index (κ3) is 3.77. The molecule has 4 heteroatoms. The summed E-state index contributed by atoms with van der Waals surface area (Å²) in [6.07, 6.45) is 2.31. The van der Waals surface area contributed by atoms with Gasteiger partial charge < -0.3 is 19.7 Å². The van der Waals surface area contributed by atoms with Crippen molar-refractivity contribution in [3.63, 3.8) is 0 Å². The molecule has 1 N–H and O–H groups in total. The molecule has 4 nitrogen and oxygen atoms in total. The van der Waals surface area contributed by atoms with Gasteiger partial charge in [-0.3, -0.25) is 0 Å². The second-order valence-electron chi connectivity index (χ2n) is 5.06. The minimum Gasteiger partial charge on any atom is -0.497 e. The third-order valence-corrected chi connectivity index (χ3v) is 3.63. The summed E-state index contributed by atoms with van der Waals surface area (Å²) < 4.78 is 10.7. The van der Waals surface area contributed by atoms with E-state index in [0.717, 1.165) is 44.0 Å². The Morgan fingerprint density at radius 2 is 1.79 bits per heavy atom. The zero-order valence-corrected chi connectivity index (χ0v) is 12.1. The normalized spacial score (nSPS) is 20.6.